The van der Waals surface area contributed by atoms with Gasteiger partial charge in [0, 0.05) is 11.5 Å². The van der Waals surface area contributed by atoms with Crippen LogP contribution in [0.3, 0.4) is 0 Å². The van der Waals surface area contributed by atoms with Crippen LogP contribution in [0.25, 0.3) is 22.3 Å². The largest absolute Gasteiger partial charge is 0.374 e. The Morgan fingerprint density at radius 3 is 2.26 bits per heavy atom. The van der Waals surface area contributed by atoms with E-state index < -0.39 is 11.6 Å². The van der Waals surface area contributed by atoms with Crippen molar-refractivity contribution in [3.63, 3.8) is 0 Å². The molecule has 0 N–H and O–H groups in total. The average molecular weight is 465 g/mol. The average Bonchev–Trinajstić information content (AvgIpc) is 2.86. The molecule has 0 saturated carbocycles. The van der Waals surface area contributed by atoms with Crippen molar-refractivity contribution in [3.8, 4) is 22.3 Å². The summed E-state index contributed by atoms with van der Waals surface area (Å²) < 4.78 is 50.0. The van der Waals surface area contributed by atoms with E-state index in [1.54, 1.807) is 30.3 Å². The Kier molecular flexibility index (Phi) is 7.89. The van der Waals surface area contributed by atoms with Gasteiger partial charge in [0.15, 0.2) is 11.6 Å². The van der Waals surface area contributed by atoms with Crippen LogP contribution in [0.1, 0.15) is 56.6 Å². The standard InChI is InChI=1S/C30H31F3O/c1-3-5-7-22-13-17-27(30(33)29(22)32)21-10-8-20(9-11-21)23-14-16-26(28(31)18-23)24-12-15-25(6-4-2)34-19-24/h4,6,8-11,13-14,16-18,24-25H,3,5,7,12,15,19H2,1-2H3/b6-4+. The number of benzene rings is 3. The molecular formula is C30H31F3O. The number of rotatable bonds is 7. The molecule has 0 spiro atoms. The Hall–Kier alpha value is -2.85. The van der Waals surface area contributed by atoms with Gasteiger partial charge in [-0.25, -0.2) is 13.2 Å². The first-order valence-corrected chi connectivity index (χ1v) is 12.1. The van der Waals surface area contributed by atoms with Crippen LogP contribution in [-0.4, -0.2) is 12.7 Å². The minimum absolute atomic E-state index is 0.0519. The van der Waals surface area contributed by atoms with E-state index in [0.29, 0.717) is 29.7 Å². The summed E-state index contributed by atoms with van der Waals surface area (Å²) in [7, 11) is 0. The van der Waals surface area contributed by atoms with Crippen LogP contribution in [-0.2, 0) is 11.2 Å². The highest BCUT2D eigenvalue weighted by atomic mass is 19.2. The summed E-state index contributed by atoms with van der Waals surface area (Å²) in [6.45, 7) is 4.51. The van der Waals surface area contributed by atoms with Gasteiger partial charge in [-0.1, -0.05) is 74.0 Å². The van der Waals surface area contributed by atoms with Gasteiger partial charge in [0.1, 0.15) is 5.82 Å². The van der Waals surface area contributed by atoms with Crippen molar-refractivity contribution >= 4 is 0 Å². The summed E-state index contributed by atoms with van der Waals surface area (Å²) >= 11 is 0. The van der Waals surface area contributed by atoms with Gasteiger partial charge in [-0.15, -0.1) is 0 Å². The zero-order valence-corrected chi connectivity index (χ0v) is 19.8. The lowest BCUT2D eigenvalue weighted by atomic mass is 9.89. The summed E-state index contributed by atoms with van der Waals surface area (Å²) in [5.41, 5.74) is 3.49. The fourth-order valence-corrected chi connectivity index (χ4v) is 4.64. The van der Waals surface area contributed by atoms with Gasteiger partial charge in [0.25, 0.3) is 0 Å². The van der Waals surface area contributed by atoms with Crippen LogP contribution in [0.15, 0.2) is 66.7 Å². The highest BCUT2D eigenvalue weighted by Crippen LogP contribution is 2.34. The zero-order chi connectivity index (χ0) is 24.1. The quantitative estimate of drug-likeness (QED) is 0.318. The number of hydrogen-bond acceptors (Lipinski definition) is 1. The van der Waals surface area contributed by atoms with Gasteiger partial charge >= 0.3 is 0 Å². The van der Waals surface area contributed by atoms with Crippen LogP contribution < -0.4 is 0 Å². The van der Waals surface area contributed by atoms with Crippen LogP contribution in [0.5, 0.6) is 0 Å². The summed E-state index contributed by atoms with van der Waals surface area (Å²) in [5, 5.41) is 0. The topological polar surface area (TPSA) is 9.23 Å². The Morgan fingerprint density at radius 2 is 1.62 bits per heavy atom. The Balaban J connectivity index is 1.50. The van der Waals surface area contributed by atoms with E-state index in [0.717, 1.165) is 36.8 Å². The molecule has 1 saturated heterocycles. The minimum Gasteiger partial charge on any atom is -0.374 e. The first-order chi connectivity index (χ1) is 16.5. The molecule has 34 heavy (non-hydrogen) atoms. The van der Waals surface area contributed by atoms with E-state index >= 15 is 0 Å². The van der Waals surface area contributed by atoms with Gasteiger partial charge in [-0.2, -0.15) is 0 Å². The normalized spacial score (nSPS) is 18.5. The molecule has 1 heterocycles. The molecular weight excluding hydrogens is 433 g/mol. The third-order valence-corrected chi connectivity index (χ3v) is 6.65. The molecule has 1 aliphatic heterocycles. The molecule has 0 radical (unpaired) electrons. The van der Waals surface area contributed by atoms with Crippen molar-refractivity contribution in [2.75, 3.05) is 6.61 Å². The molecule has 178 valence electrons. The summed E-state index contributed by atoms with van der Waals surface area (Å²) in [6.07, 6.45) is 8.20. The van der Waals surface area contributed by atoms with Crippen LogP contribution in [0.2, 0.25) is 0 Å². The predicted octanol–water partition coefficient (Wildman–Crippen LogP) is 8.62. The number of allylic oxidation sites excluding steroid dienone is 1. The lowest BCUT2D eigenvalue weighted by Gasteiger charge is -2.28. The molecule has 4 heteroatoms. The maximum Gasteiger partial charge on any atom is 0.166 e. The van der Waals surface area contributed by atoms with Crippen molar-refractivity contribution in [2.45, 2.75) is 58.0 Å². The van der Waals surface area contributed by atoms with Gasteiger partial charge in [-0.3, -0.25) is 0 Å². The third-order valence-electron chi connectivity index (χ3n) is 6.65. The van der Waals surface area contributed by atoms with Crippen molar-refractivity contribution < 1.29 is 17.9 Å². The van der Waals surface area contributed by atoms with Crippen molar-refractivity contribution in [2.24, 2.45) is 0 Å². The number of hydrogen-bond donors (Lipinski definition) is 0. The summed E-state index contributed by atoms with van der Waals surface area (Å²) in [6, 6.07) is 15.7. The highest BCUT2D eigenvalue weighted by molar-refractivity contribution is 5.71. The molecule has 1 fully saturated rings. The van der Waals surface area contributed by atoms with E-state index in [4.69, 9.17) is 4.74 Å². The second-order valence-electron chi connectivity index (χ2n) is 8.99. The number of halogens is 3. The Morgan fingerprint density at radius 1 is 0.882 bits per heavy atom. The molecule has 0 amide bonds. The van der Waals surface area contributed by atoms with Gasteiger partial charge < -0.3 is 4.74 Å². The first-order valence-electron chi connectivity index (χ1n) is 12.1. The second-order valence-corrected chi connectivity index (χ2v) is 8.99. The van der Waals surface area contributed by atoms with Crippen molar-refractivity contribution in [3.05, 3.63) is 95.3 Å². The number of aryl methyl sites for hydroxylation is 1. The summed E-state index contributed by atoms with van der Waals surface area (Å²) in [5.74, 6) is -1.77. The molecule has 4 rings (SSSR count). The lowest BCUT2D eigenvalue weighted by molar-refractivity contribution is 0.0319. The fraction of sp³-hybridized carbons (Fsp3) is 0.333. The third kappa shape index (κ3) is 5.28. The molecule has 2 unspecified atom stereocenters. The smallest absolute Gasteiger partial charge is 0.166 e. The Bertz CT molecular complexity index is 1140. The molecule has 2 atom stereocenters. The van der Waals surface area contributed by atoms with E-state index in [2.05, 4.69) is 0 Å². The van der Waals surface area contributed by atoms with Crippen molar-refractivity contribution in [1.82, 2.24) is 0 Å². The molecule has 0 aliphatic carbocycles. The van der Waals surface area contributed by atoms with E-state index in [1.165, 1.54) is 0 Å². The molecule has 0 bridgehead atoms. The number of unbranched alkanes of at least 4 members (excludes halogenated alkanes) is 1. The van der Waals surface area contributed by atoms with E-state index in [9.17, 15) is 13.2 Å². The van der Waals surface area contributed by atoms with E-state index in [-0.39, 0.29) is 23.4 Å². The maximum absolute atomic E-state index is 15.0. The fourth-order valence-electron chi connectivity index (χ4n) is 4.64. The van der Waals surface area contributed by atoms with Crippen LogP contribution in [0.4, 0.5) is 13.2 Å². The number of ether oxygens (including phenoxy) is 1. The first kappa shape index (κ1) is 24.3. The molecule has 1 aliphatic rings. The zero-order valence-electron chi connectivity index (χ0n) is 19.8. The summed E-state index contributed by atoms with van der Waals surface area (Å²) in [4.78, 5) is 0. The molecule has 1 nitrogen and oxygen atoms in total. The van der Waals surface area contributed by atoms with E-state index in [1.807, 2.05) is 50.3 Å². The maximum atomic E-state index is 15.0. The highest BCUT2D eigenvalue weighted by Gasteiger charge is 2.24. The minimum atomic E-state index is -0.817. The van der Waals surface area contributed by atoms with Gasteiger partial charge in [0.2, 0.25) is 0 Å². The molecule has 0 aromatic heterocycles. The van der Waals surface area contributed by atoms with Crippen LogP contribution in [0, 0.1) is 17.5 Å². The predicted molar refractivity (Wildman–Crippen MR) is 132 cm³/mol. The second kappa shape index (κ2) is 11.1. The molecule has 3 aromatic carbocycles. The Labute approximate surface area is 200 Å². The monoisotopic (exact) mass is 464 g/mol. The van der Waals surface area contributed by atoms with Crippen molar-refractivity contribution in [1.29, 1.82) is 0 Å². The SMILES string of the molecule is C/C=C/C1CCC(c2ccc(-c3ccc(-c4ccc(CCCC)c(F)c4F)cc3)cc2F)CO1. The molecule has 3 aromatic rings. The lowest BCUT2D eigenvalue weighted by Crippen LogP contribution is -2.23. The van der Waals surface area contributed by atoms with Gasteiger partial charge in [0.05, 0.1) is 12.7 Å². The van der Waals surface area contributed by atoms with Crippen LogP contribution >= 0.6 is 0 Å². The van der Waals surface area contributed by atoms with Gasteiger partial charge in [-0.05, 0) is 66.5 Å².